The van der Waals surface area contributed by atoms with Crippen LogP contribution < -0.4 is 29.6 Å². The number of rotatable bonds is 10. The zero-order valence-electron chi connectivity index (χ0n) is 19.6. The second-order valence-electron chi connectivity index (χ2n) is 7.14. The molecule has 0 fully saturated rings. The van der Waals surface area contributed by atoms with Crippen molar-refractivity contribution in [3.05, 3.63) is 36.1 Å². The quantitative estimate of drug-likeness (QED) is 0.173. The molecular weight excluding hydrogens is 672 g/mol. The molecule has 0 saturated carbocycles. The van der Waals surface area contributed by atoms with E-state index in [-0.39, 0.29) is 43.1 Å². The fraction of sp³-hybridized carbons (Fsp3) is 0.500. The van der Waals surface area contributed by atoms with Gasteiger partial charge in [-0.3, -0.25) is 0 Å². The number of benzene rings is 1. The second kappa shape index (κ2) is 11.0. The molecule has 234 valence electrons. The van der Waals surface area contributed by atoms with Crippen molar-refractivity contribution < 1.29 is 132 Å². The summed E-state index contributed by atoms with van der Waals surface area (Å²) in [7, 11) is -5.97. The number of aromatic hydroxyl groups is 1. The Morgan fingerprint density at radius 3 is 1.27 bits per heavy atom. The Morgan fingerprint density at radius 1 is 0.610 bits per heavy atom. The first-order valence-corrected chi connectivity index (χ1v) is 10.2. The van der Waals surface area contributed by atoms with Gasteiger partial charge in [-0.2, -0.15) is 91.8 Å². The molecule has 0 saturated heterocycles. The summed E-state index contributed by atoms with van der Waals surface area (Å²) in [6, 6.07) is -2.90. The van der Waals surface area contributed by atoms with Crippen molar-refractivity contribution in [3.8, 4) is 5.75 Å². The van der Waals surface area contributed by atoms with E-state index in [4.69, 9.17) is 5.11 Å². The third-order valence-electron chi connectivity index (χ3n) is 4.48. The summed E-state index contributed by atoms with van der Waals surface area (Å²) < 4.78 is 277. The van der Waals surface area contributed by atoms with Crippen molar-refractivity contribution in [2.24, 2.45) is 0 Å². The fourth-order valence-corrected chi connectivity index (χ4v) is 3.05. The molecule has 25 heteroatoms. The van der Waals surface area contributed by atoms with Gasteiger partial charge in [0, 0.05) is 0 Å². The molecule has 1 aromatic rings. The molecule has 1 aromatic carbocycles. The van der Waals surface area contributed by atoms with E-state index in [9.17, 15) is 91.8 Å². The first-order chi connectivity index (χ1) is 17.3. The summed E-state index contributed by atoms with van der Waals surface area (Å²) in [6.07, 6.45) is -7.98. The Bertz CT molecular complexity index is 1250. The standard InChI is InChI=1S/C16H5F19O4S.Na.H/c17-7(8(18)39-40(37,38)6-3-1-5(36)2-4-6)9(19,20)10(21,22)11(23,24)12(25,26)13(27,28)14(29,30)15(31,32)16(33,34)35;;/h1-4,36H;;/q;+1;-1. The molecule has 1 N–H and O–H groups in total. The zero-order chi connectivity index (χ0) is 32.3. The Balaban J connectivity index is 0. The largest absolute Gasteiger partial charge is 1.00 e. The first kappa shape index (κ1) is 39.2. The molecule has 0 aliphatic heterocycles. The van der Waals surface area contributed by atoms with Gasteiger partial charge in [-0.05, 0) is 24.3 Å². The maximum atomic E-state index is 13.7. The maximum Gasteiger partial charge on any atom is 1.00 e. The molecular formula is C16H6F19NaO4S. The van der Waals surface area contributed by atoms with Crippen LogP contribution in [0.3, 0.4) is 0 Å². The Labute approximate surface area is 236 Å². The van der Waals surface area contributed by atoms with Crippen LogP contribution in [-0.4, -0.2) is 61.2 Å². The normalized spacial score (nSPS) is 15.7. The molecule has 4 nitrogen and oxygen atoms in total. The molecule has 0 unspecified atom stereocenters. The van der Waals surface area contributed by atoms with Gasteiger partial charge in [0.25, 0.3) is 0 Å². The van der Waals surface area contributed by atoms with E-state index in [0.29, 0.717) is 12.1 Å². The van der Waals surface area contributed by atoms with Gasteiger partial charge >= 0.3 is 93.3 Å². The smallest absolute Gasteiger partial charge is 1.00 e. The molecule has 0 aliphatic rings. The first-order valence-electron chi connectivity index (χ1n) is 8.79. The van der Waals surface area contributed by atoms with Gasteiger partial charge in [0.05, 0.1) is 0 Å². The van der Waals surface area contributed by atoms with Gasteiger partial charge in [0.2, 0.25) is 5.83 Å². The van der Waals surface area contributed by atoms with Gasteiger partial charge in [-0.25, -0.2) is 0 Å². The molecule has 0 spiro atoms. The maximum absolute atomic E-state index is 13.7. The number of hydrogen-bond donors (Lipinski definition) is 1. The monoisotopic (exact) mass is 678 g/mol. The number of hydrogen-bond acceptors (Lipinski definition) is 4. The van der Waals surface area contributed by atoms with Crippen LogP contribution in [0.1, 0.15) is 1.43 Å². The predicted molar refractivity (Wildman–Crippen MR) is 87.4 cm³/mol. The number of allylic oxidation sites excluding steroid dienone is 1. The van der Waals surface area contributed by atoms with E-state index in [1.807, 2.05) is 0 Å². The number of phenolic OH excluding ortho intramolecular Hbond substituents is 1. The van der Waals surface area contributed by atoms with Crippen LogP contribution in [0.4, 0.5) is 83.4 Å². The molecule has 0 atom stereocenters. The number of halogens is 19. The molecule has 0 aromatic heterocycles. The molecule has 0 aliphatic carbocycles. The van der Waals surface area contributed by atoms with Crippen LogP contribution in [0.25, 0.3) is 0 Å². The Kier molecular flexibility index (Phi) is 10.5. The predicted octanol–water partition coefficient (Wildman–Crippen LogP) is 4.33. The number of phenols is 1. The van der Waals surface area contributed by atoms with Gasteiger partial charge in [-0.15, -0.1) is 0 Å². The SMILES string of the molecule is O=S(=O)(OC(F)=C(F)C(F)(F)C(F)(F)C(F)(F)C(F)(F)C(F)(F)C(F)(F)C(F)(F)C(F)(F)F)c1ccc(O)cc1.[H-].[Na+]. The molecule has 41 heavy (non-hydrogen) atoms. The average molecular weight is 678 g/mol. The second-order valence-corrected chi connectivity index (χ2v) is 8.68. The van der Waals surface area contributed by atoms with Crippen molar-refractivity contribution >= 4 is 10.1 Å². The summed E-state index contributed by atoms with van der Waals surface area (Å²) in [6.45, 7) is 0. The van der Waals surface area contributed by atoms with Crippen LogP contribution in [0.15, 0.2) is 41.0 Å². The zero-order valence-corrected chi connectivity index (χ0v) is 21.4. The number of alkyl halides is 17. The van der Waals surface area contributed by atoms with Crippen molar-refractivity contribution in [1.82, 2.24) is 0 Å². The third kappa shape index (κ3) is 5.88. The van der Waals surface area contributed by atoms with E-state index >= 15 is 0 Å². The molecule has 1 rings (SSSR count). The van der Waals surface area contributed by atoms with Gasteiger partial charge in [-0.1, -0.05) is 0 Å². The van der Waals surface area contributed by atoms with Crippen LogP contribution >= 0.6 is 0 Å². The minimum absolute atomic E-state index is 0. The summed E-state index contributed by atoms with van der Waals surface area (Å²) in [4.78, 5) is -1.44. The van der Waals surface area contributed by atoms with Crippen molar-refractivity contribution in [2.45, 2.75) is 52.5 Å². The van der Waals surface area contributed by atoms with Crippen LogP contribution in [0.2, 0.25) is 0 Å². The summed E-state index contributed by atoms with van der Waals surface area (Å²) in [5, 5.41) is 8.93. The third-order valence-corrected chi connectivity index (χ3v) is 5.69. The van der Waals surface area contributed by atoms with Crippen LogP contribution in [-0.2, 0) is 14.3 Å². The molecule has 0 bridgehead atoms. The van der Waals surface area contributed by atoms with Crippen LogP contribution in [0.5, 0.6) is 5.75 Å². The van der Waals surface area contributed by atoms with Crippen molar-refractivity contribution in [2.75, 3.05) is 0 Å². The Hall–Kier alpha value is -1.82. The van der Waals surface area contributed by atoms with E-state index in [1.54, 1.807) is 0 Å². The minimum atomic E-state index is -9.05. The molecule has 0 amide bonds. The van der Waals surface area contributed by atoms with E-state index in [2.05, 4.69) is 4.18 Å². The fourth-order valence-electron chi connectivity index (χ4n) is 2.22. The van der Waals surface area contributed by atoms with Gasteiger partial charge in [0.1, 0.15) is 10.6 Å². The summed E-state index contributed by atoms with van der Waals surface area (Å²) in [5.74, 6) is -66.6. The van der Waals surface area contributed by atoms with E-state index in [0.717, 1.165) is 0 Å². The van der Waals surface area contributed by atoms with Crippen molar-refractivity contribution in [1.29, 1.82) is 0 Å². The van der Waals surface area contributed by atoms with E-state index in [1.165, 1.54) is 0 Å². The van der Waals surface area contributed by atoms with E-state index < -0.39 is 80.2 Å². The van der Waals surface area contributed by atoms with Gasteiger partial charge in [0.15, 0.2) is 0 Å². The van der Waals surface area contributed by atoms with Crippen molar-refractivity contribution in [3.63, 3.8) is 0 Å². The topological polar surface area (TPSA) is 63.6 Å². The molecule has 0 radical (unpaired) electrons. The summed E-state index contributed by atoms with van der Waals surface area (Å²) in [5.41, 5.74) is 0. The Morgan fingerprint density at radius 2 is 0.927 bits per heavy atom. The minimum Gasteiger partial charge on any atom is -1.00 e. The average Bonchev–Trinajstić information content (AvgIpc) is 2.76. The van der Waals surface area contributed by atoms with Crippen LogP contribution in [0, 0.1) is 0 Å². The summed E-state index contributed by atoms with van der Waals surface area (Å²) >= 11 is 0. The molecule has 0 heterocycles. The van der Waals surface area contributed by atoms with Gasteiger partial charge < -0.3 is 10.7 Å².